The summed E-state index contributed by atoms with van der Waals surface area (Å²) in [6, 6.07) is 3.80. The van der Waals surface area contributed by atoms with Crippen LogP contribution in [-0.2, 0) is 16.6 Å². The Morgan fingerprint density at radius 2 is 2.23 bits per heavy atom. The summed E-state index contributed by atoms with van der Waals surface area (Å²) in [5.74, 6) is -0.431. The van der Waals surface area contributed by atoms with Crippen molar-refractivity contribution in [3.63, 3.8) is 0 Å². The first-order chi connectivity index (χ1) is 12.2. The van der Waals surface area contributed by atoms with Gasteiger partial charge in [0.05, 0.1) is 6.04 Å². The zero-order chi connectivity index (χ0) is 19.3. The van der Waals surface area contributed by atoms with Crippen molar-refractivity contribution in [2.45, 2.75) is 26.3 Å². The molecule has 0 aliphatic carbocycles. The molecule has 12 heteroatoms. The lowest BCUT2D eigenvalue weighted by molar-refractivity contribution is 0.242. The van der Waals surface area contributed by atoms with Gasteiger partial charge in [-0.1, -0.05) is 17.3 Å². The van der Waals surface area contributed by atoms with Crippen molar-refractivity contribution in [1.82, 2.24) is 15.0 Å². The Morgan fingerprint density at radius 1 is 1.50 bits per heavy atom. The summed E-state index contributed by atoms with van der Waals surface area (Å²) in [6.45, 7) is 3.02. The Labute approximate surface area is 149 Å². The van der Waals surface area contributed by atoms with E-state index in [-0.39, 0.29) is 36.1 Å². The van der Waals surface area contributed by atoms with Crippen molar-refractivity contribution < 1.29 is 27.4 Å². The molecule has 2 rings (SSSR count). The first-order valence-corrected chi connectivity index (χ1v) is 8.96. The van der Waals surface area contributed by atoms with Crippen LogP contribution in [-0.4, -0.2) is 42.3 Å². The molecule has 4 N–H and O–H groups in total. The van der Waals surface area contributed by atoms with E-state index in [1.807, 2.05) is 0 Å². The number of aromatic nitrogens is 2. The van der Waals surface area contributed by atoms with E-state index in [9.17, 15) is 18.0 Å². The molecule has 0 fully saturated rings. The number of aryl methyl sites for hydroxylation is 1. The van der Waals surface area contributed by atoms with Crippen LogP contribution in [0.25, 0.3) is 0 Å². The molecule has 1 atom stereocenters. The van der Waals surface area contributed by atoms with Crippen LogP contribution in [0, 0.1) is 12.7 Å². The van der Waals surface area contributed by atoms with Crippen molar-refractivity contribution >= 4 is 15.9 Å². The normalized spacial score (nSPS) is 13.6. The minimum absolute atomic E-state index is 0.0392. The second-order valence-electron chi connectivity index (χ2n) is 5.60. The maximum atomic E-state index is 13.4. The van der Waals surface area contributed by atoms with Gasteiger partial charge < -0.3 is 9.94 Å². The SMILES string of the molecule is Cc1cc(C/C(=N\O)c2nonc2OCC(C)NS(N)(=O)=O)ccc1F. The van der Waals surface area contributed by atoms with Crippen molar-refractivity contribution in [3.8, 4) is 5.88 Å². The minimum Gasteiger partial charge on any atom is -0.472 e. The molecule has 0 saturated carbocycles. The van der Waals surface area contributed by atoms with Gasteiger partial charge in [-0.3, -0.25) is 0 Å². The predicted molar refractivity (Wildman–Crippen MR) is 88.7 cm³/mol. The molecule has 0 bridgehead atoms. The highest BCUT2D eigenvalue weighted by molar-refractivity contribution is 7.87. The van der Waals surface area contributed by atoms with Crippen LogP contribution in [0.5, 0.6) is 5.88 Å². The molecule has 26 heavy (non-hydrogen) atoms. The summed E-state index contributed by atoms with van der Waals surface area (Å²) in [7, 11) is -3.88. The summed E-state index contributed by atoms with van der Waals surface area (Å²) >= 11 is 0. The monoisotopic (exact) mass is 387 g/mol. The Morgan fingerprint density at radius 3 is 2.85 bits per heavy atom. The number of rotatable bonds is 8. The number of nitrogens with two attached hydrogens (primary N) is 1. The second kappa shape index (κ2) is 8.21. The molecule has 10 nitrogen and oxygen atoms in total. The Kier molecular flexibility index (Phi) is 6.23. The van der Waals surface area contributed by atoms with E-state index >= 15 is 0 Å². The fourth-order valence-corrected chi connectivity index (χ4v) is 2.78. The van der Waals surface area contributed by atoms with Crippen molar-refractivity contribution in [1.29, 1.82) is 0 Å². The van der Waals surface area contributed by atoms with Gasteiger partial charge in [-0.05, 0) is 41.4 Å². The zero-order valence-electron chi connectivity index (χ0n) is 14.0. The molecule has 0 amide bonds. The molecule has 1 heterocycles. The molecule has 1 unspecified atom stereocenters. The summed E-state index contributed by atoms with van der Waals surface area (Å²) < 4.78 is 47.4. The summed E-state index contributed by atoms with van der Waals surface area (Å²) in [5.41, 5.74) is 1.24. The maximum absolute atomic E-state index is 13.4. The van der Waals surface area contributed by atoms with Crippen LogP contribution < -0.4 is 14.6 Å². The summed E-state index contributed by atoms with van der Waals surface area (Å²) in [6.07, 6.45) is 0.118. The third kappa shape index (κ3) is 5.47. The number of nitrogens with one attached hydrogen (secondary N) is 1. The smallest absolute Gasteiger partial charge is 0.285 e. The third-order valence-electron chi connectivity index (χ3n) is 3.28. The van der Waals surface area contributed by atoms with Crippen LogP contribution in [0.15, 0.2) is 28.0 Å². The highest BCUT2D eigenvalue weighted by Crippen LogP contribution is 2.18. The van der Waals surface area contributed by atoms with E-state index in [4.69, 9.17) is 9.88 Å². The zero-order valence-corrected chi connectivity index (χ0v) is 14.8. The first kappa shape index (κ1) is 19.8. The fourth-order valence-electron chi connectivity index (χ4n) is 2.15. The molecule has 0 aliphatic heterocycles. The number of benzene rings is 1. The molecular formula is C14H18FN5O5S. The van der Waals surface area contributed by atoms with Gasteiger partial charge >= 0.3 is 0 Å². The fraction of sp³-hybridized carbons (Fsp3) is 0.357. The lowest BCUT2D eigenvalue weighted by atomic mass is 10.0. The summed E-state index contributed by atoms with van der Waals surface area (Å²) in [5, 5.41) is 24.5. The lowest BCUT2D eigenvalue weighted by Gasteiger charge is -2.12. The van der Waals surface area contributed by atoms with Gasteiger partial charge in [-0.25, -0.2) is 14.2 Å². The average Bonchev–Trinajstić information content (AvgIpc) is 3.00. The first-order valence-electron chi connectivity index (χ1n) is 7.41. The van der Waals surface area contributed by atoms with Crippen LogP contribution in [0.1, 0.15) is 23.7 Å². The quantitative estimate of drug-likeness (QED) is 0.338. The Balaban J connectivity index is 2.10. The van der Waals surface area contributed by atoms with Crippen LogP contribution in [0.2, 0.25) is 0 Å². The molecule has 0 aliphatic rings. The van der Waals surface area contributed by atoms with Crippen LogP contribution in [0.3, 0.4) is 0 Å². The Hall–Kier alpha value is -2.57. The van der Waals surface area contributed by atoms with Crippen molar-refractivity contribution in [2.75, 3.05) is 6.61 Å². The largest absolute Gasteiger partial charge is 0.472 e. The van der Waals surface area contributed by atoms with Crippen LogP contribution >= 0.6 is 0 Å². The van der Waals surface area contributed by atoms with E-state index in [2.05, 4.69) is 24.8 Å². The number of ether oxygens (including phenoxy) is 1. The summed E-state index contributed by atoms with van der Waals surface area (Å²) in [4.78, 5) is 0. The van der Waals surface area contributed by atoms with Gasteiger partial charge in [0.2, 0.25) is 0 Å². The van der Waals surface area contributed by atoms with E-state index in [0.717, 1.165) is 0 Å². The van der Waals surface area contributed by atoms with Gasteiger partial charge in [0.15, 0.2) is 5.69 Å². The van der Waals surface area contributed by atoms with Gasteiger partial charge in [-0.15, -0.1) is 0 Å². The van der Waals surface area contributed by atoms with E-state index in [1.165, 1.54) is 13.0 Å². The standard InChI is InChI=1S/C14H18FN5O5S/c1-8-5-10(3-4-11(8)15)6-12(17-21)13-14(19-25-18-13)24-7-9(2)20-26(16,22)23/h3-5,9,20-21H,6-7H2,1-2H3,(H2,16,22,23)/b17-12+. The van der Waals surface area contributed by atoms with Gasteiger partial charge in [-0.2, -0.15) is 13.1 Å². The molecule has 1 aromatic carbocycles. The highest BCUT2D eigenvalue weighted by Gasteiger charge is 2.21. The highest BCUT2D eigenvalue weighted by atomic mass is 32.2. The molecule has 142 valence electrons. The van der Waals surface area contributed by atoms with E-state index < -0.39 is 16.3 Å². The minimum atomic E-state index is -3.88. The predicted octanol–water partition coefficient (Wildman–Crippen LogP) is 0.499. The topological polar surface area (TPSA) is 153 Å². The number of hydrogen-bond donors (Lipinski definition) is 3. The Bertz CT molecular complexity index is 899. The molecule has 0 spiro atoms. The molecule has 0 radical (unpaired) electrons. The number of nitrogens with zero attached hydrogens (tertiary/aromatic N) is 3. The van der Waals surface area contributed by atoms with Crippen LogP contribution in [0.4, 0.5) is 4.39 Å². The van der Waals surface area contributed by atoms with Gasteiger partial charge in [0.25, 0.3) is 16.1 Å². The maximum Gasteiger partial charge on any atom is 0.285 e. The van der Waals surface area contributed by atoms with E-state index in [0.29, 0.717) is 11.1 Å². The number of halogens is 1. The lowest BCUT2D eigenvalue weighted by Crippen LogP contribution is -2.40. The number of oxime groups is 1. The number of hydrogen-bond acceptors (Lipinski definition) is 8. The van der Waals surface area contributed by atoms with E-state index in [1.54, 1.807) is 19.1 Å². The second-order valence-corrected chi connectivity index (χ2v) is 6.93. The van der Waals surface area contributed by atoms with Gasteiger partial charge in [0, 0.05) is 6.42 Å². The molecular weight excluding hydrogens is 369 g/mol. The third-order valence-corrected chi connectivity index (χ3v) is 4.01. The molecule has 1 aromatic heterocycles. The van der Waals surface area contributed by atoms with Crippen molar-refractivity contribution in [2.24, 2.45) is 10.3 Å². The van der Waals surface area contributed by atoms with Crippen molar-refractivity contribution in [3.05, 3.63) is 40.8 Å². The average molecular weight is 387 g/mol. The molecule has 0 saturated heterocycles. The molecule has 2 aromatic rings. The van der Waals surface area contributed by atoms with Gasteiger partial charge in [0.1, 0.15) is 18.1 Å².